The van der Waals surface area contributed by atoms with Gasteiger partial charge in [-0.15, -0.1) is 0 Å². The third-order valence-corrected chi connectivity index (χ3v) is 2.70. The Hall–Kier alpha value is -0.150. The van der Waals surface area contributed by atoms with Crippen molar-refractivity contribution in [2.75, 3.05) is 26.3 Å². The normalized spacial score (nSPS) is 28.8. The van der Waals surface area contributed by atoms with Crippen molar-refractivity contribution in [2.45, 2.75) is 33.0 Å². The maximum atomic E-state index is 13.1. The lowest BCUT2D eigenvalue weighted by molar-refractivity contribution is 0.0920. The third kappa shape index (κ3) is 3.24. The molecule has 3 heteroatoms. The van der Waals surface area contributed by atoms with Gasteiger partial charge in [0.05, 0.1) is 13.2 Å². The minimum atomic E-state index is -0.764. The summed E-state index contributed by atoms with van der Waals surface area (Å²) in [5.74, 6) is 0.0462. The second kappa shape index (κ2) is 4.91. The van der Waals surface area contributed by atoms with E-state index in [1.54, 1.807) is 6.92 Å². The quantitative estimate of drug-likeness (QED) is 0.655. The molecule has 1 heterocycles. The van der Waals surface area contributed by atoms with Gasteiger partial charge in [-0.25, -0.2) is 4.39 Å². The van der Waals surface area contributed by atoms with Gasteiger partial charge in [0.1, 0.15) is 6.17 Å². The Morgan fingerprint density at radius 3 is 2.62 bits per heavy atom. The molecule has 2 atom stereocenters. The van der Waals surface area contributed by atoms with E-state index >= 15 is 0 Å². The summed E-state index contributed by atoms with van der Waals surface area (Å²) >= 11 is 0. The zero-order chi connectivity index (χ0) is 9.84. The molecule has 13 heavy (non-hydrogen) atoms. The maximum absolute atomic E-state index is 13.1. The van der Waals surface area contributed by atoms with Crippen molar-refractivity contribution in [3.8, 4) is 0 Å². The van der Waals surface area contributed by atoms with Crippen LogP contribution in [0.1, 0.15) is 20.8 Å². The van der Waals surface area contributed by atoms with Crippen molar-refractivity contribution in [3.05, 3.63) is 0 Å². The number of hydrogen-bond acceptors (Lipinski definition) is 2. The van der Waals surface area contributed by atoms with E-state index in [2.05, 4.69) is 18.7 Å². The highest BCUT2D eigenvalue weighted by Gasteiger charge is 2.24. The number of ether oxygens (including phenoxy) is 1. The molecule has 1 fully saturated rings. The molecule has 1 rings (SSSR count). The van der Waals surface area contributed by atoms with Crippen molar-refractivity contribution < 1.29 is 9.13 Å². The van der Waals surface area contributed by atoms with E-state index in [1.807, 2.05) is 0 Å². The highest BCUT2D eigenvalue weighted by Crippen LogP contribution is 2.15. The Labute approximate surface area is 80.1 Å². The topological polar surface area (TPSA) is 12.5 Å². The van der Waals surface area contributed by atoms with Gasteiger partial charge in [0.25, 0.3) is 0 Å². The zero-order valence-electron chi connectivity index (χ0n) is 8.79. The molecule has 0 N–H and O–H groups in total. The molecule has 78 valence electrons. The van der Waals surface area contributed by atoms with Crippen LogP contribution in [0.3, 0.4) is 0 Å². The highest BCUT2D eigenvalue weighted by atomic mass is 19.1. The molecule has 0 amide bonds. The summed E-state index contributed by atoms with van der Waals surface area (Å²) in [5.41, 5.74) is 0. The van der Waals surface area contributed by atoms with Crippen molar-refractivity contribution in [2.24, 2.45) is 5.92 Å². The molecule has 0 radical (unpaired) electrons. The molecular formula is C10H20FNO. The Balaban J connectivity index is 2.49. The fraction of sp³-hybridized carbons (Fsp3) is 1.00. The van der Waals surface area contributed by atoms with Crippen molar-refractivity contribution in [1.29, 1.82) is 0 Å². The first-order chi connectivity index (χ1) is 6.11. The SMILES string of the molecule is CC(F)C1COCCN(C(C)C)C1. The third-order valence-electron chi connectivity index (χ3n) is 2.70. The van der Waals surface area contributed by atoms with E-state index in [4.69, 9.17) is 4.74 Å². The maximum Gasteiger partial charge on any atom is 0.104 e. The molecular weight excluding hydrogens is 169 g/mol. The van der Waals surface area contributed by atoms with Gasteiger partial charge in [-0.05, 0) is 20.8 Å². The van der Waals surface area contributed by atoms with Gasteiger partial charge in [-0.3, -0.25) is 4.90 Å². The molecule has 0 spiro atoms. The highest BCUT2D eigenvalue weighted by molar-refractivity contribution is 4.75. The summed E-state index contributed by atoms with van der Waals surface area (Å²) in [6.07, 6.45) is -0.764. The van der Waals surface area contributed by atoms with Crippen LogP contribution in [0.5, 0.6) is 0 Å². The lowest BCUT2D eigenvalue weighted by atomic mass is 10.1. The minimum Gasteiger partial charge on any atom is -0.380 e. The molecule has 0 aromatic carbocycles. The Bertz CT molecular complexity index is 134. The fourth-order valence-corrected chi connectivity index (χ4v) is 1.61. The molecule has 1 aliphatic heterocycles. The molecule has 0 aromatic heterocycles. The van der Waals surface area contributed by atoms with Gasteiger partial charge < -0.3 is 4.74 Å². The van der Waals surface area contributed by atoms with E-state index in [9.17, 15) is 4.39 Å². The van der Waals surface area contributed by atoms with Gasteiger partial charge in [-0.1, -0.05) is 0 Å². The van der Waals surface area contributed by atoms with Gasteiger partial charge in [-0.2, -0.15) is 0 Å². The number of rotatable bonds is 2. The number of halogens is 1. The molecule has 1 saturated heterocycles. The molecule has 2 nitrogen and oxygen atoms in total. The standard InChI is InChI=1S/C10H20FNO/c1-8(2)12-4-5-13-7-10(6-12)9(3)11/h8-10H,4-7H2,1-3H3. The van der Waals surface area contributed by atoms with E-state index in [0.29, 0.717) is 12.6 Å². The predicted molar refractivity (Wildman–Crippen MR) is 51.6 cm³/mol. The van der Waals surface area contributed by atoms with Crippen LogP contribution < -0.4 is 0 Å². The van der Waals surface area contributed by atoms with Crippen LogP contribution in [0.2, 0.25) is 0 Å². The number of alkyl halides is 1. The monoisotopic (exact) mass is 189 g/mol. The average Bonchev–Trinajstić information content (AvgIpc) is 2.28. The summed E-state index contributed by atoms with van der Waals surface area (Å²) in [5, 5.41) is 0. The summed E-state index contributed by atoms with van der Waals surface area (Å²) in [4.78, 5) is 2.29. The lowest BCUT2D eigenvalue weighted by Crippen LogP contribution is -2.37. The van der Waals surface area contributed by atoms with Gasteiger partial charge in [0, 0.05) is 25.0 Å². The van der Waals surface area contributed by atoms with Crippen molar-refractivity contribution >= 4 is 0 Å². The Morgan fingerprint density at radius 1 is 1.38 bits per heavy atom. The van der Waals surface area contributed by atoms with Gasteiger partial charge in [0.15, 0.2) is 0 Å². The summed E-state index contributed by atoms with van der Waals surface area (Å²) in [6.45, 7) is 8.98. The lowest BCUT2D eigenvalue weighted by Gasteiger charge is -2.27. The van der Waals surface area contributed by atoms with E-state index < -0.39 is 6.17 Å². The molecule has 0 saturated carbocycles. The summed E-state index contributed by atoms with van der Waals surface area (Å²) in [6, 6.07) is 0.489. The Kier molecular flexibility index (Phi) is 4.13. The number of nitrogens with zero attached hydrogens (tertiary/aromatic N) is 1. The zero-order valence-corrected chi connectivity index (χ0v) is 8.79. The number of hydrogen-bond donors (Lipinski definition) is 0. The van der Waals surface area contributed by atoms with Crippen LogP contribution in [0.25, 0.3) is 0 Å². The van der Waals surface area contributed by atoms with Gasteiger partial charge >= 0.3 is 0 Å². The van der Waals surface area contributed by atoms with Crippen LogP contribution in [-0.2, 0) is 4.74 Å². The van der Waals surface area contributed by atoms with E-state index in [0.717, 1.165) is 19.7 Å². The first kappa shape index (κ1) is 10.9. The van der Waals surface area contributed by atoms with Crippen molar-refractivity contribution in [1.82, 2.24) is 4.90 Å². The fourth-order valence-electron chi connectivity index (χ4n) is 1.61. The second-order valence-electron chi connectivity index (χ2n) is 4.10. The second-order valence-corrected chi connectivity index (χ2v) is 4.10. The van der Waals surface area contributed by atoms with E-state index in [1.165, 1.54) is 0 Å². The van der Waals surface area contributed by atoms with Crippen LogP contribution in [0, 0.1) is 5.92 Å². The molecule has 2 unspecified atom stereocenters. The van der Waals surface area contributed by atoms with Crippen molar-refractivity contribution in [3.63, 3.8) is 0 Å². The minimum absolute atomic E-state index is 0.0462. The van der Waals surface area contributed by atoms with Crippen LogP contribution >= 0.6 is 0 Å². The first-order valence-corrected chi connectivity index (χ1v) is 5.07. The average molecular weight is 189 g/mol. The Morgan fingerprint density at radius 2 is 2.08 bits per heavy atom. The molecule has 1 aliphatic rings. The summed E-state index contributed by atoms with van der Waals surface area (Å²) < 4.78 is 18.5. The van der Waals surface area contributed by atoms with Crippen LogP contribution in [-0.4, -0.2) is 43.4 Å². The molecule has 0 bridgehead atoms. The predicted octanol–water partition coefficient (Wildman–Crippen LogP) is 1.70. The largest absolute Gasteiger partial charge is 0.380 e. The van der Waals surface area contributed by atoms with E-state index in [-0.39, 0.29) is 5.92 Å². The first-order valence-electron chi connectivity index (χ1n) is 5.07. The summed E-state index contributed by atoms with van der Waals surface area (Å²) in [7, 11) is 0. The van der Waals surface area contributed by atoms with Crippen LogP contribution in [0.4, 0.5) is 4.39 Å². The van der Waals surface area contributed by atoms with Crippen LogP contribution in [0.15, 0.2) is 0 Å². The molecule has 0 aliphatic carbocycles. The molecule has 0 aromatic rings. The smallest absolute Gasteiger partial charge is 0.104 e. The van der Waals surface area contributed by atoms with Gasteiger partial charge in [0.2, 0.25) is 0 Å².